The van der Waals surface area contributed by atoms with Crippen molar-refractivity contribution < 1.29 is 19.1 Å². The lowest BCUT2D eigenvalue weighted by atomic mass is 10.0. The van der Waals surface area contributed by atoms with Gasteiger partial charge in [-0.1, -0.05) is 37.6 Å². The predicted molar refractivity (Wildman–Crippen MR) is 109 cm³/mol. The van der Waals surface area contributed by atoms with Crippen LogP contribution in [0.15, 0.2) is 18.2 Å². The molecule has 1 atom stereocenters. The Kier molecular flexibility index (Phi) is 8.75. The Labute approximate surface area is 171 Å². The average Bonchev–Trinajstić information content (AvgIpc) is 2.54. The van der Waals surface area contributed by atoms with E-state index in [-0.39, 0.29) is 19.4 Å². The van der Waals surface area contributed by atoms with Crippen LogP contribution in [0.4, 0.5) is 4.79 Å². The number of rotatable bonds is 8. The molecule has 1 aromatic carbocycles. The highest BCUT2D eigenvalue weighted by molar-refractivity contribution is 6.31. The molecule has 0 aromatic heterocycles. The van der Waals surface area contributed by atoms with Gasteiger partial charge in [0.15, 0.2) is 0 Å². The first-order valence-electron chi connectivity index (χ1n) is 9.23. The Hall–Kier alpha value is -2.28. The first-order valence-corrected chi connectivity index (χ1v) is 9.60. The number of benzene rings is 1. The molecule has 28 heavy (non-hydrogen) atoms. The van der Waals surface area contributed by atoms with Crippen LogP contribution in [0.2, 0.25) is 5.02 Å². The lowest BCUT2D eigenvalue weighted by Crippen LogP contribution is -2.48. The van der Waals surface area contributed by atoms with Crippen molar-refractivity contribution in [2.24, 2.45) is 5.73 Å². The van der Waals surface area contributed by atoms with E-state index in [1.54, 1.807) is 26.8 Å². The summed E-state index contributed by atoms with van der Waals surface area (Å²) in [5.74, 6) is -0.691. The van der Waals surface area contributed by atoms with Crippen LogP contribution >= 0.6 is 11.6 Å². The molecule has 0 spiro atoms. The van der Waals surface area contributed by atoms with Crippen molar-refractivity contribution in [3.63, 3.8) is 0 Å². The van der Waals surface area contributed by atoms with E-state index in [9.17, 15) is 14.4 Å². The summed E-state index contributed by atoms with van der Waals surface area (Å²) in [5.41, 5.74) is 6.32. The third-order valence-corrected chi connectivity index (χ3v) is 4.17. The summed E-state index contributed by atoms with van der Waals surface area (Å²) < 4.78 is 5.18. The Morgan fingerprint density at radius 2 is 1.86 bits per heavy atom. The van der Waals surface area contributed by atoms with Gasteiger partial charge in [-0.05, 0) is 50.3 Å². The van der Waals surface area contributed by atoms with Gasteiger partial charge in [0, 0.05) is 18.0 Å². The number of carbonyl (C=O) groups is 3. The van der Waals surface area contributed by atoms with Crippen LogP contribution in [0.5, 0.6) is 0 Å². The van der Waals surface area contributed by atoms with Crippen LogP contribution in [-0.4, -0.2) is 29.6 Å². The number of amides is 3. The van der Waals surface area contributed by atoms with Crippen LogP contribution in [-0.2, 0) is 20.9 Å². The van der Waals surface area contributed by atoms with Crippen LogP contribution in [0, 0.1) is 0 Å². The quantitative estimate of drug-likeness (QED) is 0.609. The fourth-order valence-electron chi connectivity index (χ4n) is 2.47. The Balaban J connectivity index is 2.76. The molecule has 8 heteroatoms. The van der Waals surface area contributed by atoms with E-state index in [1.807, 2.05) is 26.0 Å². The maximum Gasteiger partial charge on any atom is 0.408 e. The van der Waals surface area contributed by atoms with Crippen LogP contribution < -0.4 is 16.4 Å². The van der Waals surface area contributed by atoms with Crippen molar-refractivity contribution in [1.82, 2.24) is 10.6 Å². The monoisotopic (exact) mass is 411 g/mol. The van der Waals surface area contributed by atoms with Gasteiger partial charge in [-0.15, -0.1) is 0 Å². The zero-order chi connectivity index (χ0) is 21.5. The molecule has 0 bridgehead atoms. The largest absolute Gasteiger partial charge is 0.444 e. The van der Waals surface area contributed by atoms with Gasteiger partial charge in [0.05, 0.1) is 0 Å². The molecule has 0 fully saturated rings. The second-order valence-corrected chi connectivity index (χ2v) is 8.34. The zero-order valence-electron chi connectivity index (χ0n) is 17.1. The van der Waals surface area contributed by atoms with Gasteiger partial charge in [0.25, 0.3) is 0 Å². The highest BCUT2D eigenvalue weighted by Gasteiger charge is 2.24. The molecule has 0 unspecified atom stereocenters. The fraction of sp³-hybridized carbons (Fsp3) is 0.550. The van der Waals surface area contributed by atoms with Crippen molar-refractivity contribution in [1.29, 1.82) is 0 Å². The van der Waals surface area contributed by atoms with Crippen molar-refractivity contribution in [2.45, 2.75) is 71.6 Å². The average molecular weight is 412 g/mol. The van der Waals surface area contributed by atoms with Gasteiger partial charge >= 0.3 is 6.09 Å². The van der Waals surface area contributed by atoms with Crippen molar-refractivity contribution >= 4 is 29.5 Å². The molecule has 0 heterocycles. The predicted octanol–water partition coefficient (Wildman–Crippen LogP) is 3.24. The summed E-state index contributed by atoms with van der Waals surface area (Å²) >= 11 is 6.28. The number of carbonyl (C=O) groups excluding carboxylic acids is 3. The molecule has 0 saturated carbocycles. The molecular weight excluding hydrogens is 382 g/mol. The van der Waals surface area contributed by atoms with Crippen LogP contribution in [0.3, 0.4) is 0 Å². The summed E-state index contributed by atoms with van der Waals surface area (Å²) in [6, 6.07) is 4.68. The summed E-state index contributed by atoms with van der Waals surface area (Å²) in [6.45, 7) is 9.49. The smallest absolute Gasteiger partial charge is 0.408 e. The Morgan fingerprint density at radius 1 is 1.21 bits per heavy atom. The number of nitrogens with one attached hydrogen (secondary N) is 2. The number of alkyl carbamates (subject to hydrolysis) is 1. The summed E-state index contributed by atoms with van der Waals surface area (Å²) in [7, 11) is 0. The minimum absolute atomic E-state index is 0.0389. The SMILES string of the molecule is CC(C)c1ccc(CNC(=O)[C@H](CCC(N)=O)NC(=O)OC(C)(C)C)cc1Cl. The molecule has 4 N–H and O–H groups in total. The maximum absolute atomic E-state index is 12.5. The van der Waals surface area contributed by atoms with E-state index in [4.69, 9.17) is 22.1 Å². The van der Waals surface area contributed by atoms with Gasteiger partial charge in [-0.3, -0.25) is 9.59 Å². The van der Waals surface area contributed by atoms with E-state index in [1.165, 1.54) is 0 Å². The molecule has 0 aliphatic rings. The first-order chi connectivity index (χ1) is 12.9. The van der Waals surface area contributed by atoms with Gasteiger partial charge < -0.3 is 21.1 Å². The number of ether oxygens (including phenoxy) is 1. The second kappa shape index (κ2) is 10.3. The topological polar surface area (TPSA) is 111 Å². The summed E-state index contributed by atoms with van der Waals surface area (Å²) in [4.78, 5) is 35.6. The third-order valence-electron chi connectivity index (χ3n) is 3.84. The van der Waals surface area contributed by atoms with Crippen molar-refractivity contribution in [2.75, 3.05) is 0 Å². The number of primary amides is 1. The van der Waals surface area contributed by atoms with Crippen molar-refractivity contribution in [3.8, 4) is 0 Å². The van der Waals surface area contributed by atoms with Gasteiger partial charge in [-0.25, -0.2) is 4.79 Å². The van der Waals surface area contributed by atoms with Crippen molar-refractivity contribution in [3.05, 3.63) is 34.3 Å². The lowest BCUT2D eigenvalue weighted by molar-refractivity contribution is -0.124. The van der Waals surface area contributed by atoms with Gasteiger partial charge in [0.2, 0.25) is 11.8 Å². The molecule has 156 valence electrons. The summed E-state index contributed by atoms with van der Waals surface area (Å²) in [6.07, 6.45) is -0.697. The van der Waals surface area contributed by atoms with Gasteiger partial charge in [0.1, 0.15) is 11.6 Å². The normalized spacial score (nSPS) is 12.4. The Bertz CT molecular complexity index is 714. The molecule has 3 amide bonds. The molecule has 0 radical (unpaired) electrons. The van der Waals surface area contributed by atoms with E-state index in [2.05, 4.69) is 10.6 Å². The third kappa shape index (κ3) is 8.61. The highest BCUT2D eigenvalue weighted by Crippen LogP contribution is 2.25. The minimum Gasteiger partial charge on any atom is -0.444 e. The second-order valence-electron chi connectivity index (χ2n) is 7.93. The van der Waals surface area contributed by atoms with Crippen LogP contribution in [0.1, 0.15) is 64.5 Å². The standard InChI is InChI=1S/C20H30ClN3O4/c1-12(2)14-7-6-13(10-15(14)21)11-23-18(26)16(8-9-17(22)25)24-19(27)28-20(3,4)5/h6-7,10,12,16H,8-9,11H2,1-5H3,(H2,22,25)(H,23,26)(H,24,27)/t16-/m0/s1. The van der Waals surface area contributed by atoms with E-state index >= 15 is 0 Å². The van der Waals surface area contributed by atoms with E-state index in [0.717, 1.165) is 11.1 Å². The molecule has 0 aliphatic heterocycles. The number of halogens is 1. The lowest BCUT2D eigenvalue weighted by Gasteiger charge is -2.23. The van der Waals surface area contributed by atoms with E-state index in [0.29, 0.717) is 10.9 Å². The number of hydrogen-bond donors (Lipinski definition) is 3. The molecule has 1 aromatic rings. The van der Waals surface area contributed by atoms with Gasteiger partial charge in [-0.2, -0.15) is 0 Å². The molecule has 1 rings (SSSR count). The van der Waals surface area contributed by atoms with E-state index < -0.39 is 29.6 Å². The number of hydrogen-bond acceptors (Lipinski definition) is 4. The Morgan fingerprint density at radius 3 is 2.36 bits per heavy atom. The fourth-order valence-corrected chi connectivity index (χ4v) is 2.89. The zero-order valence-corrected chi connectivity index (χ0v) is 17.9. The van der Waals surface area contributed by atoms with Crippen LogP contribution in [0.25, 0.3) is 0 Å². The molecule has 0 aliphatic carbocycles. The molecular formula is C20H30ClN3O4. The highest BCUT2D eigenvalue weighted by atomic mass is 35.5. The molecule has 7 nitrogen and oxygen atoms in total. The number of nitrogens with two attached hydrogens (primary N) is 1. The molecule has 0 saturated heterocycles. The summed E-state index contributed by atoms with van der Waals surface area (Å²) in [5, 5.41) is 5.88. The minimum atomic E-state index is -0.937. The maximum atomic E-state index is 12.5. The first kappa shape index (κ1) is 23.8.